The minimum Gasteiger partial charge on any atom is -0.497 e. The first-order chi connectivity index (χ1) is 12.4. The van der Waals surface area contributed by atoms with Crippen molar-refractivity contribution in [2.45, 2.75) is 24.8 Å². The molecule has 0 spiro atoms. The van der Waals surface area contributed by atoms with Crippen LogP contribution in [0.2, 0.25) is 0 Å². The zero-order valence-corrected chi connectivity index (χ0v) is 16.0. The Labute approximate surface area is 154 Å². The lowest BCUT2D eigenvalue weighted by Gasteiger charge is -2.33. The molecule has 2 aromatic carbocycles. The van der Waals surface area contributed by atoms with E-state index in [9.17, 15) is 8.42 Å². The van der Waals surface area contributed by atoms with Crippen molar-refractivity contribution in [3.05, 3.63) is 48.0 Å². The molecule has 1 saturated heterocycles. The van der Waals surface area contributed by atoms with Gasteiger partial charge in [-0.2, -0.15) is 0 Å². The summed E-state index contributed by atoms with van der Waals surface area (Å²) in [7, 11) is -2.10. The standard InChI is InChI=1S/C19H24N2O4S/c1-14-12-18(24-3)8-9-19(14)26(22,23)20-16-4-6-17(7-5-16)21-10-11-25-15(2)13-21/h4-9,12,15,20H,10-11,13H2,1-3H3. The summed E-state index contributed by atoms with van der Waals surface area (Å²) < 4.78 is 38.7. The van der Waals surface area contributed by atoms with Gasteiger partial charge in [-0.05, 0) is 61.9 Å². The number of methoxy groups -OCH3 is 1. The zero-order valence-electron chi connectivity index (χ0n) is 15.2. The first kappa shape index (κ1) is 18.5. The minimum absolute atomic E-state index is 0.194. The molecule has 0 radical (unpaired) electrons. The number of nitrogens with one attached hydrogen (secondary N) is 1. The monoisotopic (exact) mass is 376 g/mol. The largest absolute Gasteiger partial charge is 0.497 e. The molecule has 3 rings (SSSR count). The van der Waals surface area contributed by atoms with Crippen molar-refractivity contribution in [3.63, 3.8) is 0 Å². The Morgan fingerprint density at radius 1 is 1.19 bits per heavy atom. The predicted octanol–water partition coefficient (Wildman–Crippen LogP) is 3.03. The highest BCUT2D eigenvalue weighted by molar-refractivity contribution is 7.92. The number of hydrogen-bond acceptors (Lipinski definition) is 5. The molecule has 1 aliphatic rings. The lowest BCUT2D eigenvalue weighted by atomic mass is 10.2. The van der Waals surface area contributed by atoms with E-state index >= 15 is 0 Å². The van der Waals surface area contributed by atoms with Crippen molar-refractivity contribution in [2.75, 3.05) is 36.4 Å². The third-order valence-electron chi connectivity index (χ3n) is 4.40. The van der Waals surface area contributed by atoms with Crippen LogP contribution in [-0.4, -0.2) is 41.3 Å². The van der Waals surface area contributed by atoms with Crippen LogP contribution >= 0.6 is 0 Å². The minimum atomic E-state index is -3.65. The summed E-state index contributed by atoms with van der Waals surface area (Å²) in [5.74, 6) is 0.630. The smallest absolute Gasteiger partial charge is 0.262 e. The number of rotatable bonds is 5. The summed E-state index contributed by atoms with van der Waals surface area (Å²) in [6.07, 6.45) is 0.194. The summed E-state index contributed by atoms with van der Waals surface area (Å²) >= 11 is 0. The van der Waals surface area contributed by atoms with E-state index in [-0.39, 0.29) is 11.0 Å². The van der Waals surface area contributed by atoms with E-state index in [1.54, 1.807) is 44.4 Å². The van der Waals surface area contributed by atoms with E-state index in [0.717, 1.165) is 18.8 Å². The molecule has 26 heavy (non-hydrogen) atoms. The Bertz CT molecular complexity index is 866. The van der Waals surface area contributed by atoms with E-state index < -0.39 is 10.0 Å². The van der Waals surface area contributed by atoms with Gasteiger partial charge in [0.2, 0.25) is 0 Å². The fraction of sp³-hybridized carbons (Fsp3) is 0.368. The molecule has 7 heteroatoms. The molecular weight excluding hydrogens is 352 g/mol. The molecule has 0 bridgehead atoms. The normalized spacial score (nSPS) is 17.8. The van der Waals surface area contributed by atoms with Crippen molar-refractivity contribution in [2.24, 2.45) is 0 Å². The maximum absolute atomic E-state index is 12.7. The molecular formula is C19H24N2O4S. The number of sulfonamides is 1. The van der Waals surface area contributed by atoms with E-state index in [4.69, 9.17) is 9.47 Å². The molecule has 0 aromatic heterocycles. The average molecular weight is 376 g/mol. The highest BCUT2D eigenvalue weighted by atomic mass is 32.2. The van der Waals surface area contributed by atoms with Gasteiger partial charge >= 0.3 is 0 Å². The summed E-state index contributed by atoms with van der Waals surface area (Å²) in [6, 6.07) is 12.3. The van der Waals surface area contributed by atoms with Gasteiger partial charge in [-0.1, -0.05) is 0 Å². The second-order valence-electron chi connectivity index (χ2n) is 6.41. The molecule has 1 aliphatic heterocycles. The van der Waals surface area contributed by atoms with E-state index in [1.807, 2.05) is 19.1 Å². The van der Waals surface area contributed by atoms with Gasteiger partial charge in [0.05, 0.1) is 24.7 Å². The van der Waals surface area contributed by atoms with Crippen LogP contribution in [-0.2, 0) is 14.8 Å². The van der Waals surface area contributed by atoms with Gasteiger partial charge in [-0.15, -0.1) is 0 Å². The van der Waals surface area contributed by atoms with Gasteiger partial charge < -0.3 is 14.4 Å². The first-order valence-electron chi connectivity index (χ1n) is 8.53. The topological polar surface area (TPSA) is 67.9 Å². The SMILES string of the molecule is COc1ccc(S(=O)(=O)Nc2ccc(N3CCOC(C)C3)cc2)c(C)c1. The van der Waals surface area contributed by atoms with Crippen molar-refractivity contribution >= 4 is 21.4 Å². The van der Waals surface area contributed by atoms with Crippen LogP contribution in [0, 0.1) is 6.92 Å². The van der Waals surface area contributed by atoms with Crippen LogP contribution < -0.4 is 14.4 Å². The van der Waals surface area contributed by atoms with Gasteiger partial charge in [-0.25, -0.2) is 8.42 Å². The summed E-state index contributed by atoms with van der Waals surface area (Å²) in [5.41, 5.74) is 2.23. The van der Waals surface area contributed by atoms with Crippen LogP contribution in [0.25, 0.3) is 0 Å². The Hall–Kier alpha value is -2.25. The van der Waals surface area contributed by atoms with Gasteiger partial charge in [0.15, 0.2) is 0 Å². The molecule has 0 saturated carbocycles. The fourth-order valence-corrected chi connectivity index (χ4v) is 4.34. The highest BCUT2D eigenvalue weighted by Crippen LogP contribution is 2.25. The van der Waals surface area contributed by atoms with E-state index in [0.29, 0.717) is 23.6 Å². The van der Waals surface area contributed by atoms with Gasteiger partial charge in [0.1, 0.15) is 5.75 Å². The Balaban J connectivity index is 1.76. The third-order valence-corrected chi connectivity index (χ3v) is 5.94. The van der Waals surface area contributed by atoms with Crippen molar-refractivity contribution in [1.29, 1.82) is 0 Å². The van der Waals surface area contributed by atoms with Crippen LogP contribution in [0.1, 0.15) is 12.5 Å². The maximum Gasteiger partial charge on any atom is 0.262 e. The molecule has 2 aromatic rings. The predicted molar refractivity (Wildman–Crippen MR) is 103 cm³/mol. The maximum atomic E-state index is 12.7. The zero-order chi connectivity index (χ0) is 18.7. The number of nitrogens with zero attached hydrogens (tertiary/aromatic N) is 1. The number of aryl methyl sites for hydroxylation is 1. The number of benzene rings is 2. The molecule has 1 fully saturated rings. The lowest BCUT2D eigenvalue weighted by Crippen LogP contribution is -2.41. The van der Waals surface area contributed by atoms with Crippen LogP contribution in [0.15, 0.2) is 47.4 Å². The molecule has 140 valence electrons. The molecule has 1 atom stereocenters. The fourth-order valence-electron chi connectivity index (χ4n) is 3.05. The average Bonchev–Trinajstić information content (AvgIpc) is 2.61. The van der Waals surface area contributed by atoms with Crippen molar-refractivity contribution in [3.8, 4) is 5.75 Å². The summed E-state index contributed by atoms with van der Waals surface area (Å²) in [4.78, 5) is 2.48. The number of hydrogen-bond donors (Lipinski definition) is 1. The molecule has 1 unspecified atom stereocenters. The number of ether oxygens (including phenoxy) is 2. The van der Waals surface area contributed by atoms with Crippen LogP contribution in [0.5, 0.6) is 5.75 Å². The van der Waals surface area contributed by atoms with Gasteiger partial charge in [-0.3, -0.25) is 4.72 Å². The molecule has 6 nitrogen and oxygen atoms in total. The third kappa shape index (κ3) is 4.11. The highest BCUT2D eigenvalue weighted by Gasteiger charge is 2.19. The number of anilines is 2. The van der Waals surface area contributed by atoms with Gasteiger partial charge in [0, 0.05) is 24.5 Å². The molecule has 1 N–H and O–H groups in total. The Morgan fingerprint density at radius 3 is 2.54 bits per heavy atom. The Morgan fingerprint density at radius 2 is 1.92 bits per heavy atom. The molecule has 1 heterocycles. The van der Waals surface area contributed by atoms with Crippen molar-refractivity contribution < 1.29 is 17.9 Å². The van der Waals surface area contributed by atoms with Gasteiger partial charge in [0.25, 0.3) is 10.0 Å². The van der Waals surface area contributed by atoms with Crippen LogP contribution in [0.4, 0.5) is 11.4 Å². The second kappa shape index (κ2) is 7.55. The number of morpholine rings is 1. The summed E-state index contributed by atoms with van der Waals surface area (Å²) in [5, 5.41) is 0. The second-order valence-corrected chi connectivity index (χ2v) is 8.06. The van der Waals surface area contributed by atoms with E-state index in [2.05, 4.69) is 9.62 Å². The Kier molecular flexibility index (Phi) is 5.38. The molecule has 0 amide bonds. The van der Waals surface area contributed by atoms with Crippen molar-refractivity contribution in [1.82, 2.24) is 0 Å². The first-order valence-corrected chi connectivity index (χ1v) is 10.0. The quantitative estimate of drug-likeness (QED) is 0.869. The molecule has 0 aliphatic carbocycles. The summed E-state index contributed by atoms with van der Waals surface area (Å²) in [6.45, 7) is 6.16. The lowest BCUT2D eigenvalue weighted by molar-refractivity contribution is 0.0532. The van der Waals surface area contributed by atoms with E-state index in [1.165, 1.54) is 0 Å². The van der Waals surface area contributed by atoms with Crippen LogP contribution in [0.3, 0.4) is 0 Å².